The second-order valence-electron chi connectivity index (χ2n) is 5.03. The summed E-state index contributed by atoms with van der Waals surface area (Å²) in [5, 5.41) is 0. The van der Waals surface area contributed by atoms with Crippen molar-refractivity contribution in [3.05, 3.63) is 29.8 Å². The molecule has 0 spiro atoms. The summed E-state index contributed by atoms with van der Waals surface area (Å²) in [6, 6.07) is 6.75. The van der Waals surface area contributed by atoms with Gasteiger partial charge in [0.05, 0.1) is 11.5 Å². The first-order valence-corrected chi connectivity index (χ1v) is 7.95. The summed E-state index contributed by atoms with van der Waals surface area (Å²) in [5.41, 5.74) is 1.04. The van der Waals surface area contributed by atoms with Crippen LogP contribution in [0.15, 0.2) is 29.2 Å². The highest BCUT2D eigenvalue weighted by Gasteiger charge is 2.20. The molecule has 0 aliphatic heterocycles. The molecule has 1 fully saturated rings. The largest absolute Gasteiger partial charge is 0.296 e. The van der Waals surface area contributed by atoms with Gasteiger partial charge in [-0.1, -0.05) is 43.4 Å². The molecule has 1 aliphatic carbocycles. The minimum atomic E-state index is -3.56. The summed E-state index contributed by atoms with van der Waals surface area (Å²) in [6.07, 6.45) is 5.80. The van der Waals surface area contributed by atoms with E-state index in [4.69, 9.17) is 4.18 Å². The first-order valence-electron chi connectivity index (χ1n) is 6.54. The van der Waals surface area contributed by atoms with Crippen LogP contribution in [0.25, 0.3) is 0 Å². The quantitative estimate of drug-likeness (QED) is 0.563. The van der Waals surface area contributed by atoms with E-state index in [1.807, 2.05) is 6.92 Å². The third kappa shape index (κ3) is 4.10. The summed E-state index contributed by atoms with van der Waals surface area (Å²) in [7, 11) is -3.56. The highest BCUT2D eigenvalue weighted by molar-refractivity contribution is 7.86. The maximum Gasteiger partial charge on any atom is 0.296 e. The molecule has 0 heterocycles. The molecular formula is C14H20O3S. The van der Waals surface area contributed by atoms with Gasteiger partial charge in [-0.05, 0) is 31.4 Å². The molecular weight excluding hydrogens is 248 g/mol. The molecule has 0 amide bonds. The smallest absolute Gasteiger partial charge is 0.266 e. The van der Waals surface area contributed by atoms with Gasteiger partial charge in [-0.2, -0.15) is 8.42 Å². The van der Waals surface area contributed by atoms with E-state index in [9.17, 15) is 8.42 Å². The Morgan fingerprint density at radius 2 is 1.83 bits per heavy atom. The van der Waals surface area contributed by atoms with E-state index in [-0.39, 0.29) is 4.90 Å². The van der Waals surface area contributed by atoms with E-state index in [1.165, 1.54) is 19.3 Å². The maximum absolute atomic E-state index is 11.8. The van der Waals surface area contributed by atoms with E-state index in [0.29, 0.717) is 6.61 Å². The fourth-order valence-electron chi connectivity index (χ4n) is 1.88. The Morgan fingerprint density at radius 3 is 2.44 bits per heavy atom. The van der Waals surface area contributed by atoms with Crippen molar-refractivity contribution < 1.29 is 12.6 Å². The van der Waals surface area contributed by atoms with Gasteiger partial charge >= 0.3 is 0 Å². The summed E-state index contributed by atoms with van der Waals surface area (Å²) >= 11 is 0. The van der Waals surface area contributed by atoms with E-state index < -0.39 is 10.1 Å². The van der Waals surface area contributed by atoms with E-state index >= 15 is 0 Å². The van der Waals surface area contributed by atoms with Crippen LogP contribution in [0.1, 0.15) is 37.7 Å². The van der Waals surface area contributed by atoms with Crippen LogP contribution >= 0.6 is 0 Å². The second-order valence-corrected chi connectivity index (χ2v) is 6.64. The minimum Gasteiger partial charge on any atom is -0.266 e. The Labute approximate surface area is 109 Å². The van der Waals surface area contributed by atoms with Crippen LogP contribution in [0, 0.1) is 12.8 Å². The molecule has 0 N–H and O–H groups in total. The van der Waals surface area contributed by atoms with Crippen molar-refractivity contribution in [1.29, 1.82) is 0 Å². The van der Waals surface area contributed by atoms with Crippen LogP contribution in [0.3, 0.4) is 0 Å². The Kier molecular flexibility index (Phi) is 4.40. The van der Waals surface area contributed by atoms with Gasteiger partial charge in [-0.3, -0.25) is 4.18 Å². The van der Waals surface area contributed by atoms with Crippen LogP contribution < -0.4 is 0 Å². The van der Waals surface area contributed by atoms with E-state index in [1.54, 1.807) is 24.3 Å². The highest BCUT2D eigenvalue weighted by Crippen LogP contribution is 2.33. The number of unbranched alkanes of at least 4 members (excludes halogenated alkanes) is 1. The number of aryl methyl sites for hydroxylation is 1. The van der Waals surface area contributed by atoms with Gasteiger partial charge in [-0.25, -0.2) is 0 Å². The van der Waals surface area contributed by atoms with Crippen LogP contribution in [-0.4, -0.2) is 15.0 Å². The number of rotatable bonds is 7. The number of hydrogen-bond acceptors (Lipinski definition) is 3. The lowest BCUT2D eigenvalue weighted by Gasteiger charge is -2.05. The zero-order chi connectivity index (χ0) is 13.0. The Bertz CT molecular complexity index is 472. The fourth-order valence-corrected chi connectivity index (χ4v) is 2.83. The normalized spacial score (nSPS) is 15.8. The van der Waals surface area contributed by atoms with Gasteiger partial charge in [0.2, 0.25) is 0 Å². The minimum absolute atomic E-state index is 0.246. The SMILES string of the molecule is Cc1ccc(S(=O)(=O)OCCCCC2CC2)cc1. The molecule has 100 valence electrons. The van der Waals surface area contributed by atoms with Crippen molar-refractivity contribution in [2.45, 2.75) is 43.9 Å². The molecule has 0 atom stereocenters. The zero-order valence-corrected chi connectivity index (χ0v) is 11.6. The Morgan fingerprint density at radius 1 is 1.17 bits per heavy atom. The van der Waals surface area contributed by atoms with Crippen molar-refractivity contribution in [1.82, 2.24) is 0 Å². The molecule has 0 aromatic heterocycles. The molecule has 18 heavy (non-hydrogen) atoms. The molecule has 2 rings (SSSR count). The van der Waals surface area contributed by atoms with Crippen molar-refractivity contribution in [2.75, 3.05) is 6.61 Å². The van der Waals surface area contributed by atoms with Crippen LogP contribution in [0.2, 0.25) is 0 Å². The zero-order valence-electron chi connectivity index (χ0n) is 10.8. The predicted molar refractivity (Wildman–Crippen MR) is 70.9 cm³/mol. The third-order valence-corrected chi connectivity index (χ3v) is 4.58. The van der Waals surface area contributed by atoms with Crippen molar-refractivity contribution in [2.24, 2.45) is 5.92 Å². The number of hydrogen-bond donors (Lipinski definition) is 0. The summed E-state index contributed by atoms with van der Waals surface area (Å²) in [5.74, 6) is 0.902. The molecule has 0 saturated heterocycles. The molecule has 0 bridgehead atoms. The van der Waals surface area contributed by atoms with Gasteiger partial charge in [0.15, 0.2) is 0 Å². The summed E-state index contributed by atoms with van der Waals surface area (Å²) < 4.78 is 28.7. The standard InChI is InChI=1S/C14H20O3S/c1-12-5-9-14(10-6-12)18(15,16)17-11-3-2-4-13-7-8-13/h5-6,9-10,13H,2-4,7-8,11H2,1H3. The molecule has 1 aromatic rings. The van der Waals surface area contributed by atoms with Gasteiger partial charge < -0.3 is 0 Å². The van der Waals surface area contributed by atoms with Gasteiger partial charge in [-0.15, -0.1) is 0 Å². The van der Waals surface area contributed by atoms with Crippen LogP contribution in [-0.2, 0) is 14.3 Å². The monoisotopic (exact) mass is 268 g/mol. The first-order chi connectivity index (χ1) is 8.58. The predicted octanol–water partition coefficient (Wildman–Crippen LogP) is 3.28. The summed E-state index contributed by atoms with van der Waals surface area (Å²) in [4.78, 5) is 0.246. The highest BCUT2D eigenvalue weighted by atomic mass is 32.2. The average molecular weight is 268 g/mol. The molecule has 4 heteroatoms. The van der Waals surface area contributed by atoms with Crippen molar-refractivity contribution >= 4 is 10.1 Å². The van der Waals surface area contributed by atoms with E-state index in [0.717, 1.165) is 24.3 Å². The lowest BCUT2D eigenvalue weighted by molar-refractivity contribution is 0.306. The molecule has 0 radical (unpaired) electrons. The summed E-state index contributed by atoms with van der Waals surface area (Å²) in [6.45, 7) is 2.22. The number of benzene rings is 1. The fraction of sp³-hybridized carbons (Fsp3) is 0.571. The first kappa shape index (κ1) is 13.6. The lowest BCUT2D eigenvalue weighted by Crippen LogP contribution is -2.07. The van der Waals surface area contributed by atoms with E-state index in [2.05, 4.69) is 0 Å². The maximum atomic E-state index is 11.8. The van der Waals surface area contributed by atoms with Crippen molar-refractivity contribution in [3.8, 4) is 0 Å². The molecule has 1 aromatic carbocycles. The molecule has 1 aliphatic rings. The molecule has 1 saturated carbocycles. The Hall–Kier alpha value is -0.870. The van der Waals surface area contributed by atoms with Gasteiger partial charge in [0.25, 0.3) is 10.1 Å². The third-order valence-electron chi connectivity index (χ3n) is 3.25. The van der Waals surface area contributed by atoms with Gasteiger partial charge in [0.1, 0.15) is 0 Å². The van der Waals surface area contributed by atoms with Crippen LogP contribution in [0.5, 0.6) is 0 Å². The molecule has 3 nitrogen and oxygen atoms in total. The lowest BCUT2D eigenvalue weighted by atomic mass is 10.2. The second kappa shape index (κ2) is 5.85. The van der Waals surface area contributed by atoms with Crippen LogP contribution in [0.4, 0.5) is 0 Å². The topological polar surface area (TPSA) is 43.4 Å². The molecule has 0 unspecified atom stereocenters. The van der Waals surface area contributed by atoms with Gasteiger partial charge in [0, 0.05) is 0 Å². The Balaban J connectivity index is 1.77. The average Bonchev–Trinajstić information content (AvgIpc) is 3.13. The van der Waals surface area contributed by atoms with Crippen molar-refractivity contribution in [3.63, 3.8) is 0 Å².